The van der Waals surface area contributed by atoms with Crippen molar-refractivity contribution < 1.29 is 17.6 Å². The maximum atomic E-state index is 13.7. The van der Waals surface area contributed by atoms with Gasteiger partial charge in [0.2, 0.25) is 0 Å². The zero-order chi connectivity index (χ0) is 19.4. The Kier molecular flexibility index (Phi) is 5.57. The van der Waals surface area contributed by atoms with E-state index in [0.29, 0.717) is 6.54 Å². The molecule has 0 fully saturated rings. The number of hydrogen-bond donors (Lipinski definition) is 2. The van der Waals surface area contributed by atoms with Crippen molar-refractivity contribution in [2.24, 2.45) is 0 Å². The topological polar surface area (TPSA) is 75.3 Å². The van der Waals surface area contributed by atoms with E-state index >= 15 is 0 Å². The summed E-state index contributed by atoms with van der Waals surface area (Å²) in [6, 6.07) is 15.0. The Balaban J connectivity index is 1.76. The first-order chi connectivity index (χ1) is 12.8. The summed E-state index contributed by atoms with van der Waals surface area (Å²) >= 11 is 1.58. The maximum Gasteiger partial charge on any atom is 0.262 e. The zero-order valence-corrected chi connectivity index (χ0v) is 16.0. The van der Waals surface area contributed by atoms with Gasteiger partial charge in [0.15, 0.2) is 0 Å². The maximum absolute atomic E-state index is 13.7. The normalized spacial score (nSPS) is 11.2. The number of carbonyl (C=O) groups excluding carboxylic acids is 1. The molecule has 0 radical (unpaired) electrons. The highest BCUT2D eigenvalue weighted by Gasteiger charge is 2.18. The number of nitrogens with one attached hydrogen (secondary N) is 2. The van der Waals surface area contributed by atoms with Gasteiger partial charge >= 0.3 is 0 Å². The summed E-state index contributed by atoms with van der Waals surface area (Å²) in [7, 11) is -4.02. The molecule has 3 rings (SSSR count). The van der Waals surface area contributed by atoms with Crippen molar-refractivity contribution in [1.29, 1.82) is 0 Å². The molecule has 0 unspecified atom stereocenters. The van der Waals surface area contributed by atoms with E-state index in [1.807, 2.05) is 19.1 Å². The molecule has 1 amide bonds. The third-order valence-corrected chi connectivity index (χ3v) is 6.11. The van der Waals surface area contributed by atoms with Gasteiger partial charge in [0, 0.05) is 15.3 Å². The molecule has 0 aliphatic carbocycles. The zero-order valence-electron chi connectivity index (χ0n) is 14.4. The van der Waals surface area contributed by atoms with Crippen LogP contribution in [0.5, 0.6) is 0 Å². The fourth-order valence-electron chi connectivity index (χ4n) is 2.40. The van der Waals surface area contributed by atoms with E-state index in [2.05, 4.69) is 10.0 Å². The largest absolute Gasteiger partial charge is 0.347 e. The molecule has 0 saturated carbocycles. The second kappa shape index (κ2) is 7.89. The van der Waals surface area contributed by atoms with Gasteiger partial charge in [-0.3, -0.25) is 9.52 Å². The van der Waals surface area contributed by atoms with Crippen LogP contribution in [0.1, 0.15) is 20.1 Å². The Labute approximate surface area is 160 Å². The van der Waals surface area contributed by atoms with Crippen molar-refractivity contribution in [3.8, 4) is 0 Å². The molecule has 0 bridgehead atoms. The molecule has 0 saturated heterocycles. The Hall–Kier alpha value is -2.71. The number of benzene rings is 2. The minimum atomic E-state index is -4.02. The fraction of sp³-hybridized carbons (Fsp3) is 0.105. The van der Waals surface area contributed by atoms with Crippen LogP contribution in [0.4, 0.5) is 10.1 Å². The van der Waals surface area contributed by atoms with Gasteiger partial charge in [-0.1, -0.05) is 18.2 Å². The number of para-hydroxylation sites is 1. The summed E-state index contributed by atoms with van der Waals surface area (Å²) in [5.41, 5.74) is 0.0557. The van der Waals surface area contributed by atoms with E-state index in [1.54, 1.807) is 11.3 Å². The number of aryl methyl sites for hydroxylation is 1. The predicted octanol–water partition coefficient (Wildman–Crippen LogP) is 3.93. The molecule has 0 aliphatic rings. The van der Waals surface area contributed by atoms with Gasteiger partial charge in [0.05, 0.1) is 17.1 Å². The highest BCUT2D eigenvalue weighted by Crippen LogP contribution is 2.20. The number of rotatable bonds is 6. The van der Waals surface area contributed by atoms with Gasteiger partial charge < -0.3 is 5.32 Å². The van der Waals surface area contributed by atoms with Crippen LogP contribution in [-0.4, -0.2) is 14.3 Å². The molecule has 0 aliphatic heterocycles. The van der Waals surface area contributed by atoms with E-state index in [-0.39, 0.29) is 22.1 Å². The molecule has 5 nitrogen and oxygen atoms in total. The van der Waals surface area contributed by atoms with Crippen LogP contribution in [0.2, 0.25) is 0 Å². The molecular formula is C19H17FN2O3S2. The van der Waals surface area contributed by atoms with Crippen LogP contribution in [0, 0.1) is 12.7 Å². The minimum Gasteiger partial charge on any atom is -0.347 e. The molecule has 1 aromatic heterocycles. The predicted molar refractivity (Wildman–Crippen MR) is 104 cm³/mol. The van der Waals surface area contributed by atoms with E-state index in [4.69, 9.17) is 0 Å². The summed E-state index contributed by atoms with van der Waals surface area (Å²) in [6.45, 7) is 2.34. The minimum absolute atomic E-state index is 0.120. The van der Waals surface area contributed by atoms with Gasteiger partial charge in [-0.05, 0) is 49.4 Å². The van der Waals surface area contributed by atoms with Gasteiger partial charge in [0.25, 0.3) is 15.9 Å². The molecule has 8 heteroatoms. The van der Waals surface area contributed by atoms with E-state index < -0.39 is 15.8 Å². The fourth-order valence-corrected chi connectivity index (χ4v) is 4.34. The Morgan fingerprint density at radius 3 is 2.56 bits per heavy atom. The highest BCUT2D eigenvalue weighted by atomic mass is 32.2. The second-order valence-corrected chi connectivity index (χ2v) is 8.86. The van der Waals surface area contributed by atoms with Crippen LogP contribution < -0.4 is 10.0 Å². The lowest BCUT2D eigenvalue weighted by molar-refractivity contribution is 0.0951. The molecule has 1 heterocycles. The molecule has 3 aromatic rings. The average molecular weight is 404 g/mol. The molecule has 2 N–H and O–H groups in total. The molecule has 2 aromatic carbocycles. The van der Waals surface area contributed by atoms with Crippen LogP contribution >= 0.6 is 11.3 Å². The SMILES string of the molecule is Cc1ccc(CNC(=O)c2cccc(S(=O)(=O)Nc3ccccc3F)c2)s1. The van der Waals surface area contributed by atoms with Crippen LogP contribution in [0.25, 0.3) is 0 Å². The van der Waals surface area contributed by atoms with E-state index in [9.17, 15) is 17.6 Å². The van der Waals surface area contributed by atoms with Crippen molar-refractivity contribution in [2.75, 3.05) is 4.72 Å². The number of hydrogen-bond acceptors (Lipinski definition) is 4. The first-order valence-corrected chi connectivity index (χ1v) is 10.4. The van der Waals surface area contributed by atoms with Crippen molar-refractivity contribution >= 4 is 33.0 Å². The smallest absolute Gasteiger partial charge is 0.262 e. The van der Waals surface area contributed by atoms with Crippen molar-refractivity contribution in [2.45, 2.75) is 18.4 Å². The number of anilines is 1. The second-order valence-electron chi connectivity index (χ2n) is 5.81. The van der Waals surface area contributed by atoms with Crippen LogP contribution in [0.15, 0.2) is 65.6 Å². The summed E-state index contributed by atoms with van der Waals surface area (Å²) in [6.07, 6.45) is 0. The average Bonchev–Trinajstić information content (AvgIpc) is 3.07. The first-order valence-electron chi connectivity index (χ1n) is 8.06. The number of sulfonamides is 1. The molecule has 0 atom stereocenters. The number of amides is 1. The molecule has 0 spiro atoms. The van der Waals surface area contributed by atoms with Crippen molar-refractivity contribution in [3.63, 3.8) is 0 Å². The highest BCUT2D eigenvalue weighted by molar-refractivity contribution is 7.92. The Morgan fingerprint density at radius 1 is 1.07 bits per heavy atom. The summed E-state index contributed by atoms with van der Waals surface area (Å²) in [5, 5.41) is 2.76. The third-order valence-electron chi connectivity index (χ3n) is 3.74. The number of thiophene rings is 1. The lowest BCUT2D eigenvalue weighted by atomic mass is 10.2. The molecule has 140 valence electrons. The van der Waals surface area contributed by atoms with Gasteiger partial charge in [0.1, 0.15) is 5.82 Å². The lowest BCUT2D eigenvalue weighted by Gasteiger charge is -2.10. The van der Waals surface area contributed by atoms with Gasteiger partial charge in [-0.15, -0.1) is 11.3 Å². The number of halogens is 1. The van der Waals surface area contributed by atoms with E-state index in [1.165, 1.54) is 42.5 Å². The standard InChI is InChI=1S/C19H17FN2O3S2/c1-13-9-10-15(26-13)12-21-19(23)14-5-4-6-16(11-14)27(24,25)22-18-8-3-2-7-17(18)20/h2-11,22H,12H2,1H3,(H,21,23). The van der Waals surface area contributed by atoms with Crippen molar-refractivity contribution in [1.82, 2.24) is 5.32 Å². The molecule has 27 heavy (non-hydrogen) atoms. The van der Waals surface area contributed by atoms with E-state index in [0.717, 1.165) is 15.8 Å². The van der Waals surface area contributed by atoms with Crippen LogP contribution in [0.3, 0.4) is 0 Å². The first kappa shape index (κ1) is 19.1. The number of carbonyl (C=O) groups is 1. The Morgan fingerprint density at radius 2 is 1.85 bits per heavy atom. The quantitative estimate of drug-likeness (QED) is 0.654. The summed E-state index contributed by atoms with van der Waals surface area (Å²) < 4.78 is 40.9. The van der Waals surface area contributed by atoms with Gasteiger partial charge in [-0.25, -0.2) is 12.8 Å². The lowest BCUT2D eigenvalue weighted by Crippen LogP contribution is -2.23. The summed E-state index contributed by atoms with van der Waals surface area (Å²) in [4.78, 5) is 14.4. The third kappa shape index (κ3) is 4.72. The van der Waals surface area contributed by atoms with Crippen LogP contribution in [-0.2, 0) is 16.6 Å². The van der Waals surface area contributed by atoms with Gasteiger partial charge in [-0.2, -0.15) is 0 Å². The van der Waals surface area contributed by atoms with Crippen molar-refractivity contribution in [3.05, 3.63) is 81.8 Å². The monoisotopic (exact) mass is 404 g/mol. The Bertz CT molecular complexity index is 1080. The summed E-state index contributed by atoms with van der Waals surface area (Å²) in [5.74, 6) is -1.06. The molecular weight excluding hydrogens is 387 g/mol.